The Bertz CT molecular complexity index is 424. The van der Waals surface area contributed by atoms with E-state index in [1.54, 1.807) is 19.2 Å². The maximum absolute atomic E-state index is 11.2. The molecule has 4 N–H and O–H groups in total. The molecule has 0 atom stereocenters. The Balaban J connectivity index is 3.35. The lowest BCUT2D eigenvalue weighted by molar-refractivity contribution is 0.100. The van der Waals surface area contributed by atoms with Crippen LogP contribution in [0.2, 0.25) is 0 Å². The molecule has 0 bridgehead atoms. The number of nitrogens with two attached hydrogens (primary N) is 1. The van der Waals surface area contributed by atoms with Crippen LogP contribution in [0.3, 0.4) is 0 Å². The van der Waals surface area contributed by atoms with Crippen molar-refractivity contribution in [3.8, 4) is 0 Å². The number of rotatable bonds is 4. The zero-order valence-corrected chi connectivity index (χ0v) is 9.79. The van der Waals surface area contributed by atoms with E-state index in [0.717, 1.165) is 5.56 Å². The highest BCUT2D eigenvalue weighted by Crippen LogP contribution is 2.23. The van der Waals surface area contributed by atoms with Crippen molar-refractivity contribution in [1.29, 1.82) is 5.41 Å². The predicted molar refractivity (Wildman–Crippen MR) is 66.2 cm³/mol. The lowest BCUT2D eigenvalue weighted by atomic mass is 9.96. The molecule has 0 aliphatic carbocycles. The van der Waals surface area contributed by atoms with Gasteiger partial charge in [-0.3, -0.25) is 4.79 Å². The smallest absolute Gasteiger partial charge is 0.250 e. The zero-order chi connectivity index (χ0) is 12.3. The minimum Gasteiger partial charge on any atom is -0.387 e. The molecule has 0 radical (unpaired) electrons. The average Bonchev–Trinajstić information content (AvgIpc) is 2.26. The molecular weight excluding hydrogens is 202 g/mol. The summed E-state index contributed by atoms with van der Waals surface area (Å²) in [7, 11) is 1.72. The van der Waals surface area contributed by atoms with E-state index < -0.39 is 5.91 Å². The van der Waals surface area contributed by atoms with Gasteiger partial charge in [0.2, 0.25) is 0 Å². The molecule has 1 aromatic rings. The van der Waals surface area contributed by atoms with E-state index in [1.165, 1.54) is 0 Å². The van der Waals surface area contributed by atoms with E-state index >= 15 is 0 Å². The Morgan fingerprint density at radius 3 is 2.38 bits per heavy atom. The van der Waals surface area contributed by atoms with Crippen LogP contribution in [0.5, 0.6) is 0 Å². The van der Waals surface area contributed by atoms with Crippen molar-refractivity contribution in [2.45, 2.75) is 13.8 Å². The number of carbonyl (C=O) groups is 1. The molecule has 0 saturated heterocycles. The summed E-state index contributed by atoms with van der Waals surface area (Å²) in [4.78, 5) is 11.2. The summed E-state index contributed by atoms with van der Waals surface area (Å²) < 4.78 is 0. The third kappa shape index (κ3) is 2.21. The van der Waals surface area contributed by atoms with Crippen molar-refractivity contribution < 1.29 is 4.79 Å². The standard InChI is InChI=1S/C12H17N3O/c1-7(2)10(13)8-5-4-6-9(12(14)16)11(8)15-3/h4-7,13,15H,1-3H3,(H2,14,16). The van der Waals surface area contributed by atoms with E-state index in [4.69, 9.17) is 11.1 Å². The van der Waals surface area contributed by atoms with Crippen LogP contribution in [0.4, 0.5) is 5.69 Å². The highest BCUT2D eigenvalue weighted by atomic mass is 16.1. The Kier molecular flexibility index (Phi) is 3.66. The number of carbonyl (C=O) groups excluding carboxylic acids is 1. The molecular formula is C12H17N3O. The van der Waals surface area contributed by atoms with E-state index in [-0.39, 0.29) is 5.92 Å². The normalized spacial score (nSPS) is 10.2. The van der Waals surface area contributed by atoms with Gasteiger partial charge in [-0.25, -0.2) is 0 Å². The lowest BCUT2D eigenvalue weighted by Crippen LogP contribution is -2.17. The van der Waals surface area contributed by atoms with Crippen LogP contribution in [0.15, 0.2) is 18.2 Å². The summed E-state index contributed by atoms with van der Waals surface area (Å²) in [6, 6.07) is 5.22. The third-order valence-electron chi connectivity index (χ3n) is 2.45. The molecule has 0 saturated carbocycles. The Morgan fingerprint density at radius 2 is 1.94 bits per heavy atom. The molecule has 0 aromatic heterocycles. The van der Waals surface area contributed by atoms with E-state index in [1.807, 2.05) is 19.9 Å². The SMILES string of the molecule is CNc1c(C(=N)C(C)C)cccc1C(N)=O. The molecule has 16 heavy (non-hydrogen) atoms. The number of amides is 1. The van der Waals surface area contributed by atoms with Crippen molar-refractivity contribution in [3.05, 3.63) is 29.3 Å². The first kappa shape index (κ1) is 12.2. The molecule has 0 aliphatic rings. The Hall–Kier alpha value is -1.84. The molecule has 0 unspecified atom stereocenters. The second-order valence-electron chi connectivity index (χ2n) is 3.91. The molecule has 0 spiro atoms. The molecule has 86 valence electrons. The maximum Gasteiger partial charge on any atom is 0.250 e. The van der Waals surface area contributed by atoms with Crippen LogP contribution < -0.4 is 11.1 Å². The van der Waals surface area contributed by atoms with Crippen LogP contribution in [0.25, 0.3) is 0 Å². The van der Waals surface area contributed by atoms with Gasteiger partial charge in [0.1, 0.15) is 0 Å². The number of hydrogen-bond donors (Lipinski definition) is 3. The third-order valence-corrected chi connectivity index (χ3v) is 2.45. The van der Waals surface area contributed by atoms with Crippen molar-refractivity contribution in [2.24, 2.45) is 11.7 Å². The van der Waals surface area contributed by atoms with Gasteiger partial charge in [-0.05, 0) is 12.0 Å². The van der Waals surface area contributed by atoms with Crippen molar-refractivity contribution in [1.82, 2.24) is 0 Å². The molecule has 4 heteroatoms. The summed E-state index contributed by atoms with van der Waals surface area (Å²) in [6.45, 7) is 3.89. The largest absolute Gasteiger partial charge is 0.387 e. The summed E-state index contributed by atoms with van der Waals surface area (Å²) >= 11 is 0. The number of anilines is 1. The van der Waals surface area contributed by atoms with E-state index in [0.29, 0.717) is 17.0 Å². The summed E-state index contributed by atoms with van der Waals surface area (Å²) in [5, 5.41) is 10.9. The van der Waals surface area contributed by atoms with Crippen LogP contribution >= 0.6 is 0 Å². The lowest BCUT2D eigenvalue weighted by Gasteiger charge is -2.15. The predicted octanol–water partition coefficient (Wildman–Crippen LogP) is 1.85. The van der Waals surface area contributed by atoms with Gasteiger partial charge in [0, 0.05) is 18.3 Å². The van der Waals surface area contributed by atoms with Gasteiger partial charge in [0.25, 0.3) is 5.91 Å². The van der Waals surface area contributed by atoms with Crippen molar-refractivity contribution >= 4 is 17.3 Å². The molecule has 1 amide bonds. The molecule has 1 rings (SSSR count). The van der Waals surface area contributed by atoms with Gasteiger partial charge in [0.05, 0.1) is 11.3 Å². The molecule has 0 aliphatic heterocycles. The zero-order valence-electron chi connectivity index (χ0n) is 9.79. The Labute approximate surface area is 95.4 Å². The number of nitrogens with one attached hydrogen (secondary N) is 2. The van der Waals surface area contributed by atoms with E-state index in [2.05, 4.69) is 5.32 Å². The summed E-state index contributed by atoms with van der Waals surface area (Å²) in [5.41, 5.74) is 7.56. The number of primary amides is 1. The van der Waals surface area contributed by atoms with Gasteiger partial charge in [-0.2, -0.15) is 0 Å². The summed E-state index contributed by atoms with van der Waals surface area (Å²) in [5.74, 6) is -0.377. The topological polar surface area (TPSA) is 79.0 Å². The average molecular weight is 219 g/mol. The minimum absolute atomic E-state index is 0.107. The second-order valence-corrected chi connectivity index (χ2v) is 3.91. The fourth-order valence-corrected chi connectivity index (χ4v) is 1.56. The van der Waals surface area contributed by atoms with Crippen LogP contribution in [-0.2, 0) is 0 Å². The number of benzene rings is 1. The molecule has 4 nitrogen and oxygen atoms in total. The number of hydrogen-bond acceptors (Lipinski definition) is 3. The van der Waals surface area contributed by atoms with Crippen LogP contribution in [-0.4, -0.2) is 18.7 Å². The molecule has 0 heterocycles. The van der Waals surface area contributed by atoms with Crippen molar-refractivity contribution in [3.63, 3.8) is 0 Å². The highest BCUT2D eigenvalue weighted by Gasteiger charge is 2.15. The van der Waals surface area contributed by atoms with Gasteiger partial charge >= 0.3 is 0 Å². The van der Waals surface area contributed by atoms with Gasteiger partial charge in [0.15, 0.2) is 0 Å². The van der Waals surface area contributed by atoms with Crippen LogP contribution in [0.1, 0.15) is 29.8 Å². The molecule has 0 fully saturated rings. The van der Waals surface area contributed by atoms with Gasteiger partial charge in [-0.1, -0.05) is 26.0 Å². The van der Waals surface area contributed by atoms with Crippen molar-refractivity contribution in [2.75, 3.05) is 12.4 Å². The van der Waals surface area contributed by atoms with E-state index in [9.17, 15) is 4.79 Å². The quantitative estimate of drug-likeness (QED) is 0.676. The van der Waals surface area contributed by atoms with Gasteiger partial charge in [-0.15, -0.1) is 0 Å². The van der Waals surface area contributed by atoms with Gasteiger partial charge < -0.3 is 16.5 Å². The second kappa shape index (κ2) is 4.79. The number of para-hydroxylation sites is 1. The first-order valence-electron chi connectivity index (χ1n) is 5.18. The Morgan fingerprint density at radius 1 is 1.38 bits per heavy atom. The highest BCUT2D eigenvalue weighted by molar-refractivity contribution is 6.09. The molecule has 1 aromatic carbocycles. The fraction of sp³-hybridized carbons (Fsp3) is 0.333. The fourth-order valence-electron chi connectivity index (χ4n) is 1.56. The first-order chi connectivity index (χ1) is 7.49. The minimum atomic E-state index is -0.484. The van der Waals surface area contributed by atoms with Crippen LogP contribution in [0, 0.1) is 11.3 Å². The first-order valence-corrected chi connectivity index (χ1v) is 5.18. The monoisotopic (exact) mass is 219 g/mol. The maximum atomic E-state index is 11.2. The summed E-state index contributed by atoms with van der Waals surface area (Å²) in [6.07, 6.45) is 0.